The van der Waals surface area contributed by atoms with Gasteiger partial charge in [-0.25, -0.2) is 0 Å². The molecule has 20 heteroatoms. The number of fused-ring (bicyclic) bond motifs is 8. The quantitative estimate of drug-likeness (QED) is 0.136. The van der Waals surface area contributed by atoms with E-state index in [0.29, 0.717) is 165 Å². The molecule has 1 aliphatic heterocycles. The molecule has 0 unspecified atom stereocenters. The van der Waals surface area contributed by atoms with Gasteiger partial charge in [-0.1, -0.05) is 117 Å². The first-order valence-corrected chi connectivity index (χ1v) is 27.4. The second-order valence-corrected chi connectivity index (χ2v) is 23.5. The van der Waals surface area contributed by atoms with Gasteiger partial charge in [0, 0.05) is 44.5 Å². The van der Waals surface area contributed by atoms with Gasteiger partial charge < -0.3 is 19.9 Å². The largest absolute Gasteiger partial charge is 0.352 e. The maximum Gasteiger partial charge on any atom is 0.0643 e. The third-order valence-corrected chi connectivity index (χ3v) is 21.4. The summed E-state index contributed by atoms with van der Waals surface area (Å²) < 4.78 is 4.95. The van der Waals surface area contributed by atoms with Crippen molar-refractivity contribution in [2.45, 2.75) is 0 Å². The lowest BCUT2D eigenvalue weighted by molar-refractivity contribution is 1.18. The molecule has 4 N–H and O–H groups in total. The number of halogens is 16. The van der Waals surface area contributed by atoms with Crippen molar-refractivity contribution in [2.24, 2.45) is 0 Å². The second kappa shape index (κ2) is 19.1. The standard InChI is InChI=1S/C44H16Br8Cl8N4/c45-29-31(47)39-26(22-15(55)7-2-8-16(22)56)41-33(49)35(51)43(63-41)28(24-19(59)11-4-12-20(24)60)44-36(52)34(50)42(64-44)27(23-17(57)9-3-10-18(23)58)40-32(48)30(46)38(62-40)25(37(29)61-39)21-13(53)5-1-6-14(21)54/h1-12,61-64H. The van der Waals surface area contributed by atoms with Crippen molar-refractivity contribution in [3.05, 3.63) is 215 Å². The highest BCUT2D eigenvalue weighted by Gasteiger charge is 2.32. The summed E-state index contributed by atoms with van der Waals surface area (Å²) >= 11 is 88.9. The first kappa shape index (κ1) is 48.7. The van der Waals surface area contributed by atoms with E-state index >= 15 is 0 Å². The zero-order valence-electron chi connectivity index (χ0n) is 31.0. The van der Waals surface area contributed by atoms with E-state index in [4.69, 9.17) is 92.8 Å². The molecule has 4 nitrogen and oxygen atoms in total. The monoisotopic (exact) mass is 1510 g/mol. The normalized spacial score (nSPS) is 12.9. The first-order chi connectivity index (χ1) is 30.4. The summed E-state index contributed by atoms with van der Waals surface area (Å²) in [5, 5.41) is 5.37. The van der Waals surface area contributed by atoms with Crippen molar-refractivity contribution >= 4 is 243 Å². The van der Waals surface area contributed by atoms with E-state index in [1.165, 1.54) is 0 Å². The highest BCUT2D eigenvalue weighted by molar-refractivity contribution is 9.14. The fourth-order valence-electron chi connectivity index (χ4n) is 7.64. The minimum atomic E-state index is 0.384. The Kier molecular flexibility index (Phi) is 14.5. The van der Waals surface area contributed by atoms with Crippen LogP contribution in [-0.4, -0.2) is 19.9 Å². The van der Waals surface area contributed by atoms with Gasteiger partial charge in [0.2, 0.25) is 0 Å². The average molecular weight is 1520 g/mol. The lowest BCUT2D eigenvalue weighted by Crippen LogP contribution is -2.20. The van der Waals surface area contributed by atoms with Gasteiger partial charge in [0.1, 0.15) is 0 Å². The van der Waals surface area contributed by atoms with Crippen molar-refractivity contribution < 1.29 is 0 Å². The van der Waals surface area contributed by atoms with Crippen LogP contribution < -0.4 is 21.4 Å². The van der Waals surface area contributed by atoms with Crippen molar-refractivity contribution in [3.63, 3.8) is 0 Å². The molecule has 0 saturated heterocycles. The van der Waals surface area contributed by atoms with Gasteiger partial charge in [-0.2, -0.15) is 0 Å². The van der Waals surface area contributed by atoms with Crippen LogP contribution in [0.4, 0.5) is 0 Å². The van der Waals surface area contributed by atoms with Gasteiger partial charge in [0.05, 0.1) is 120 Å². The number of benzene rings is 4. The minimum Gasteiger partial charge on any atom is -0.352 e. The number of rotatable bonds is 4. The van der Waals surface area contributed by atoms with Gasteiger partial charge in [-0.15, -0.1) is 0 Å². The second-order valence-electron chi connectivity index (χ2n) is 13.9. The SMILES string of the molecule is Clc1cccc(Cl)c1C1=c2[nH]c(c(Br)c2Br)=C(c2c(Cl)cccc2Cl)c2[nH]c(c(Br)c2Br)C(c2c(Cl)cccc2Cl)=c2[nH]c(c(Br)c2Br)=C(c2c(Cl)cccc2Cl)c2[nH]c1c(Br)c2Br. The fraction of sp³-hybridized carbons (Fsp3) is 0. The topological polar surface area (TPSA) is 63.2 Å². The lowest BCUT2D eigenvalue weighted by Gasteiger charge is -2.14. The smallest absolute Gasteiger partial charge is 0.0643 e. The number of nitrogens with one attached hydrogen (secondary N) is 4. The van der Waals surface area contributed by atoms with E-state index in [2.05, 4.69) is 147 Å². The number of H-pyrrole nitrogens is 4. The molecular formula is C44H16Br8Cl8N4. The summed E-state index contributed by atoms with van der Waals surface area (Å²) in [5.74, 6) is 0. The number of aromatic amines is 4. The van der Waals surface area contributed by atoms with Crippen LogP contribution in [0.15, 0.2) is 109 Å². The van der Waals surface area contributed by atoms with Crippen LogP contribution in [-0.2, 0) is 0 Å². The Bertz CT molecular complexity index is 3070. The average Bonchev–Trinajstić information content (AvgIpc) is 3.91. The zero-order valence-corrected chi connectivity index (χ0v) is 49.7. The van der Waals surface area contributed by atoms with Crippen molar-refractivity contribution in [3.8, 4) is 0 Å². The summed E-state index contributed by atoms with van der Waals surface area (Å²) in [5.41, 5.74) is 6.73. The zero-order chi connectivity index (χ0) is 45.8. The Morgan fingerprint density at radius 2 is 0.422 bits per heavy atom. The molecule has 0 fully saturated rings. The molecule has 4 aromatic carbocycles. The molecule has 5 heterocycles. The van der Waals surface area contributed by atoms with Crippen LogP contribution in [0.2, 0.25) is 40.2 Å². The number of hydrogen-bond acceptors (Lipinski definition) is 0. The highest BCUT2D eigenvalue weighted by Crippen LogP contribution is 2.47. The predicted molar refractivity (Wildman–Crippen MR) is 296 cm³/mol. The van der Waals surface area contributed by atoms with E-state index in [1.807, 2.05) is 0 Å². The molecule has 324 valence electrons. The van der Waals surface area contributed by atoms with Crippen LogP contribution in [0, 0.1) is 0 Å². The van der Waals surface area contributed by atoms with E-state index in [9.17, 15) is 0 Å². The van der Waals surface area contributed by atoms with E-state index in [-0.39, 0.29) is 0 Å². The van der Waals surface area contributed by atoms with Crippen LogP contribution in [0.1, 0.15) is 45.0 Å². The summed E-state index contributed by atoms with van der Waals surface area (Å²) in [4.78, 5) is 14.9. The van der Waals surface area contributed by atoms with E-state index < -0.39 is 0 Å². The molecule has 0 amide bonds. The summed E-state index contributed by atoms with van der Waals surface area (Å²) in [6.07, 6.45) is 0. The molecule has 0 saturated carbocycles. The Morgan fingerprint density at radius 3 is 0.594 bits per heavy atom. The molecule has 4 aromatic heterocycles. The molecule has 0 aliphatic carbocycles. The lowest BCUT2D eigenvalue weighted by atomic mass is 10.0. The van der Waals surface area contributed by atoms with Gasteiger partial charge >= 0.3 is 0 Å². The summed E-state index contributed by atoms with van der Waals surface area (Å²) in [6.45, 7) is 0. The summed E-state index contributed by atoms with van der Waals surface area (Å²) in [6, 6.07) is 21.4. The van der Waals surface area contributed by atoms with Gasteiger partial charge in [-0.3, -0.25) is 0 Å². The Balaban J connectivity index is 1.66. The van der Waals surface area contributed by atoms with Gasteiger partial charge in [-0.05, 0) is 176 Å². The van der Waals surface area contributed by atoms with Gasteiger partial charge in [0.25, 0.3) is 0 Å². The number of hydrogen-bond donors (Lipinski definition) is 4. The minimum absolute atomic E-state index is 0.384. The predicted octanol–water partition coefficient (Wildman–Crippen LogP) is 17.6. The Morgan fingerprint density at radius 1 is 0.250 bits per heavy atom. The van der Waals surface area contributed by atoms with Crippen LogP contribution in [0.5, 0.6) is 0 Å². The van der Waals surface area contributed by atoms with Gasteiger partial charge in [0.15, 0.2) is 0 Å². The number of aromatic nitrogens is 4. The Hall–Kier alpha value is -0.360. The van der Waals surface area contributed by atoms with Crippen LogP contribution >= 0.6 is 220 Å². The molecule has 8 bridgehead atoms. The third-order valence-electron chi connectivity index (χ3n) is 10.4. The van der Waals surface area contributed by atoms with Crippen molar-refractivity contribution in [1.29, 1.82) is 0 Å². The highest BCUT2D eigenvalue weighted by atomic mass is 79.9. The van der Waals surface area contributed by atoms with Crippen LogP contribution in [0.3, 0.4) is 0 Å². The van der Waals surface area contributed by atoms with E-state index in [1.54, 1.807) is 72.8 Å². The maximum absolute atomic E-state index is 7.15. The fourth-order valence-corrected chi connectivity index (χ4v) is 14.0. The summed E-state index contributed by atoms with van der Waals surface area (Å²) in [7, 11) is 0. The Labute approximate surface area is 471 Å². The first-order valence-electron chi connectivity index (χ1n) is 18.0. The third kappa shape index (κ3) is 8.07. The maximum atomic E-state index is 7.15. The molecule has 9 rings (SSSR count). The molecular weight excluding hydrogens is 1510 g/mol. The van der Waals surface area contributed by atoms with Crippen LogP contribution in [0.25, 0.3) is 22.3 Å². The molecule has 0 atom stereocenters. The van der Waals surface area contributed by atoms with Crippen molar-refractivity contribution in [2.75, 3.05) is 0 Å². The molecule has 1 aliphatic rings. The van der Waals surface area contributed by atoms with Crippen molar-refractivity contribution in [1.82, 2.24) is 19.9 Å². The molecule has 64 heavy (non-hydrogen) atoms. The molecule has 0 spiro atoms. The molecule has 8 aromatic rings. The molecule has 0 radical (unpaired) electrons. The van der Waals surface area contributed by atoms with E-state index in [0.717, 1.165) is 0 Å².